The van der Waals surface area contributed by atoms with Gasteiger partial charge in [0.2, 0.25) is 0 Å². The molecule has 0 saturated carbocycles. The summed E-state index contributed by atoms with van der Waals surface area (Å²) in [6.07, 6.45) is 1.50. The number of hydrogen-bond acceptors (Lipinski definition) is 4. The maximum absolute atomic E-state index is 13.4. The zero-order valence-electron chi connectivity index (χ0n) is 23.3. The molecular weight excluding hydrogens is 611 g/mol. The number of thioether (sulfide) groups is 1. The Labute approximate surface area is 269 Å². The Morgan fingerprint density at radius 3 is 2.07 bits per heavy atom. The first kappa shape index (κ1) is 30.8. The summed E-state index contributed by atoms with van der Waals surface area (Å²) >= 11 is 13.8. The van der Waals surface area contributed by atoms with Crippen molar-refractivity contribution in [2.24, 2.45) is 0 Å². The van der Waals surface area contributed by atoms with Gasteiger partial charge in [0.25, 0.3) is 11.8 Å². The number of hydrogen-bond donors (Lipinski definition) is 2. The van der Waals surface area contributed by atoms with Crippen molar-refractivity contribution in [3.05, 3.63) is 160 Å². The van der Waals surface area contributed by atoms with Crippen LogP contribution < -0.4 is 10.6 Å². The zero-order chi connectivity index (χ0) is 30.9. The molecule has 0 spiro atoms. The number of rotatable bonds is 10. The Bertz CT molecular complexity index is 1830. The van der Waals surface area contributed by atoms with Crippen LogP contribution in [0.5, 0.6) is 0 Å². The average Bonchev–Trinajstić information content (AvgIpc) is 3.05. The molecule has 0 unspecified atom stereocenters. The molecule has 5 nitrogen and oxygen atoms in total. The summed E-state index contributed by atoms with van der Waals surface area (Å²) in [5.41, 5.74) is 4.17. The van der Waals surface area contributed by atoms with Gasteiger partial charge in [-0.1, -0.05) is 108 Å². The second kappa shape index (κ2) is 14.7. The number of anilines is 1. The van der Waals surface area contributed by atoms with Crippen LogP contribution in [0.2, 0.25) is 10.0 Å². The summed E-state index contributed by atoms with van der Waals surface area (Å²) in [6.45, 7) is 0. The molecule has 0 aromatic heterocycles. The van der Waals surface area contributed by atoms with Gasteiger partial charge in [0.05, 0.1) is 5.75 Å². The second-order valence-electron chi connectivity index (χ2n) is 9.68. The molecule has 2 N–H and O–H groups in total. The summed E-state index contributed by atoms with van der Waals surface area (Å²) < 4.78 is 0. The smallest absolute Gasteiger partial charge is 0.272 e. The number of ketones is 1. The van der Waals surface area contributed by atoms with E-state index in [1.807, 2.05) is 60.7 Å². The highest BCUT2D eigenvalue weighted by molar-refractivity contribution is 8.00. The minimum atomic E-state index is -0.544. The van der Waals surface area contributed by atoms with Gasteiger partial charge >= 0.3 is 0 Å². The van der Waals surface area contributed by atoms with E-state index in [0.717, 1.165) is 16.0 Å². The third-order valence-corrected chi connectivity index (χ3v) is 8.12. The summed E-state index contributed by atoms with van der Waals surface area (Å²) in [7, 11) is 0. The van der Waals surface area contributed by atoms with E-state index in [2.05, 4.69) is 10.6 Å². The predicted octanol–water partition coefficient (Wildman–Crippen LogP) is 9.04. The Kier molecular flexibility index (Phi) is 10.3. The van der Waals surface area contributed by atoms with Crippen LogP contribution >= 0.6 is 35.0 Å². The fourth-order valence-electron chi connectivity index (χ4n) is 4.29. The van der Waals surface area contributed by atoms with Crippen molar-refractivity contribution in [2.75, 3.05) is 11.1 Å². The highest BCUT2D eigenvalue weighted by Gasteiger charge is 2.16. The van der Waals surface area contributed by atoms with Crippen molar-refractivity contribution in [2.45, 2.75) is 4.90 Å². The van der Waals surface area contributed by atoms with Crippen LogP contribution in [-0.2, 0) is 4.79 Å². The Morgan fingerprint density at radius 1 is 0.682 bits per heavy atom. The molecule has 0 heterocycles. The summed E-state index contributed by atoms with van der Waals surface area (Å²) in [5, 5.41) is 6.32. The minimum Gasteiger partial charge on any atom is -0.321 e. The molecule has 0 saturated heterocycles. The van der Waals surface area contributed by atoms with Gasteiger partial charge in [-0.3, -0.25) is 14.4 Å². The van der Waals surface area contributed by atoms with E-state index in [4.69, 9.17) is 23.2 Å². The molecule has 0 aliphatic rings. The number of halogens is 2. The molecule has 0 atom stereocenters. The van der Waals surface area contributed by atoms with Gasteiger partial charge < -0.3 is 10.6 Å². The lowest BCUT2D eigenvalue weighted by Gasteiger charge is -2.13. The van der Waals surface area contributed by atoms with Crippen molar-refractivity contribution >= 4 is 64.3 Å². The maximum atomic E-state index is 13.4. The standard InChI is InChI=1S/C36H26Cl2N2O3S/c37-29-19-18-28(32(38)21-29)20-33(40-35(42)27-10-5-2-6-11-27)36(43)39-30-12-7-13-31(22-30)44-23-34(41)26-16-14-25(15-17-26)24-8-3-1-4-9-24/h1-22H,23H2,(H,39,43)(H,40,42)/b33-20-. The van der Waals surface area contributed by atoms with E-state index in [9.17, 15) is 14.4 Å². The number of benzene rings is 5. The summed E-state index contributed by atoms with van der Waals surface area (Å²) in [6, 6.07) is 38.2. The Balaban J connectivity index is 1.27. The molecule has 5 rings (SSSR count). The molecule has 2 amide bonds. The van der Waals surface area contributed by atoms with Gasteiger partial charge in [0.15, 0.2) is 5.78 Å². The minimum absolute atomic E-state index is 0.00209. The van der Waals surface area contributed by atoms with E-state index < -0.39 is 11.8 Å². The number of carbonyl (C=O) groups excluding carboxylic acids is 3. The largest absolute Gasteiger partial charge is 0.321 e. The first-order chi connectivity index (χ1) is 21.4. The zero-order valence-corrected chi connectivity index (χ0v) is 25.6. The lowest BCUT2D eigenvalue weighted by molar-refractivity contribution is -0.113. The maximum Gasteiger partial charge on any atom is 0.272 e. The van der Waals surface area contributed by atoms with Crippen LogP contribution in [0.25, 0.3) is 17.2 Å². The lowest BCUT2D eigenvalue weighted by atomic mass is 10.0. The van der Waals surface area contributed by atoms with Crippen LogP contribution in [0.1, 0.15) is 26.3 Å². The van der Waals surface area contributed by atoms with Crippen molar-refractivity contribution < 1.29 is 14.4 Å². The first-order valence-electron chi connectivity index (χ1n) is 13.6. The second-order valence-corrected chi connectivity index (χ2v) is 11.6. The summed E-state index contributed by atoms with van der Waals surface area (Å²) in [5.74, 6) is -0.762. The van der Waals surface area contributed by atoms with Gasteiger partial charge in [-0.15, -0.1) is 11.8 Å². The molecule has 5 aromatic carbocycles. The molecule has 44 heavy (non-hydrogen) atoms. The molecule has 0 fully saturated rings. The van der Waals surface area contributed by atoms with E-state index in [1.54, 1.807) is 66.7 Å². The van der Waals surface area contributed by atoms with Gasteiger partial charge in [0.1, 0.15) is 5.70 Å². The fourth-order valence-corrected chi connectivity index (χ4v) is 5.60. The van der Waals surface area contributed by atoms with Gasteiger partial charge in [0, 0.05) is 31.8 Å². The van der Waals surface area contributed by atoms with Crippen molar-refractivity contribution in [1.29, 1.82) is 0 Å². The number of amides is 2. The normalized spacial score (nSPS) is 11.1. The number of nitrogens with one attached hydrogen (secondary N) is 2. The summed E-state index contributed by atoms with van der Waals surface area (Å²) in [4.78, 5) is 40.1. The van der Waals surface area contributed by atoms with Gasteiger partial charge in [-0.2, -0.15) is 0 Å². The predicted molar refractivity (Wildman–Crippen MR) is 180 cm³/mol. The third-order valence-electron chi connectivity index (χ3n) is 6.57. The molecule has 8 heteroatoms. The molecule has 5 aromatic rings. The monoisotopic (exact) mass is 636 g/mol. The first-order valence-corrected chi connectivity index (χ1v) is 15.4. The quantitative estimate of drug-likeness (QED) is 0.0911. The van der Waals surface area contributed by atoms with E-state index in [1.165, 1.54) is 17.8 Å². The van der Waals surface area contributed by atoms with E-state index in [0.29, 0.717) is 32.4 Å². The average molecular weight is 638 g/mol. The van der Waals surface area contributed by atoms with Crippen LogP contribution in [0.4, 0.5) is 5.69 Å². The lowest BCUT2D eigenvalue weighted by Crippen LogP contribution is -2.30. The molecule has 218 valence electrons. The fraction of sp³-hybridized carbons (Fsp3) is 0.0278. The topological polar surface area (TPSA) is 75.3 Å². The number of Topliss-reactive ketones (excluding diaryl/α,β-unsaturated/α-hetero) is 1. The highest BCUT2D eigenvalue weighted by atomic mass is 35.5. The highest BCUT2D eigenvalue weighted by Crippen LogP contribution is 2.26. The van der Waals surface area contributed by atoms with Gasteiger partial charge in [-0.05, 0) is 65.2 Å². The van der Waals surface area contributed by atoms with Crippen molar-refractivity contribution in [1.82, 2.24) is 5.32 Å². The third kappa shape index (κ3) is 8.26. The Hall–Kier alpha value is -4.62. The van der Waals surface area contributed by atoms with E-state index in [-0.39, 0.29) is 17.2 Å². The van der Waals surface area contributed by atoms with Crippen molar-refractivity contribution in [3.8, 4) is 11.1 Å². The van der Waals surface area contributed by atoms with Crippen LogP contribution in [0, 0.1) is 0 Å². The number of carbonyl (C=O) groups is 3. The van der Waals surface area contributed by atoms with E-state index >= 15 is 0 Å². The Morgan fingerprint density at radius 2 is 1.36 bits per heavy atom. The molecule has 0 aliphatic carbocycles. The van der Waals surface area contributed by atoms with Crippen molar-refractivity contribution in [3.63, 3.8) is 0 Å². The molecule has 0 radical (unpaired) electrons. The molecule has 0 bridgehead atoms. The van der Waals surface area contributed by atoms with Gasteiger partial charge in [-0.25, -0.2) is 0 Å². The SMILES string of the molecule is O=C(Nc1cccc(SCC(=O)c2ccc(-c3ccccc3)cc2)c1)/C(=C/c1ccc(Cl)cc1Cl)NC(=O)c1ccccc1. The van der Waals surface area contributed by atoms with Crippen LogP contribution in [0.3, 0.4) is 0 Å². The van der Waals surface area contributed by atoms with Crippen LogP contribution in [-0.4, -0.2) is 23.4 Å². The molecule has 0 aliphatic heterocycles. The molecular formula is C36H26Cl2N2O3S. The van der Waals surface area contributed by atoms with Crippen LogP contribution in [0.15, 0.2) is 138 Å².